The first-order chi connectivity index (χ1) is 18.9. The van der Waals surface area contributed by atoms with Crippen molar-refractivity contribution < 1.29 is 4.74 Å². The van der Waals surface area contributed by atoms with Gasteiger partial charge in [-0.25, -0.2) is 0 Å². The maximum absolute atomic E-state index is 5.96. The first kappa shape index (κ1) is 26.0. The van der Waals surface area contributed by atoms with E-state index >= 15 is 0 Å². The van der Waals surface area contributed by atoms with Gasteiger partial charge in [-0.2, -0.15) is 0 Å². The van der Waals surface area contributed by atoms with Gasteiger partial charge < -0.3 is 24.4 Å². The third-order valence-corrected chi connectivity index (χ3v) is 9.00. The molecule has 0 unspecified atom stereocenters. The topological polar surface area (TPSA) is 45.6 Å². The van der Waals surface area contributed by atoms with Crippen molar-refractivity contribution >= 4 is 44.6 Å². The molecule has 2 fully saturated rings. The van der Waals surface area contributed by atoms with Gasteiger partial charge in [0, 0.05) is 52.2 Å². The summed E-state index contributed by atoms with van der Waals surface area (Å²) in [5, 5.41) is 4.30. The van der Waals surface area contributed by atoms with Gasteiger partial charge in [-0.05, 0) is 105 Å². The number of morpholine rings is 1. The van der Waals surface area contributed by atoms with Crippen LogP contribution < -0.4 is 15.1 Å². The lowest BCUT2D eigenvalue weighted by Crippen LogP contribution is -2.36. The molecule has 0 bridgehead atoms. The lowest BCUT2D eigenvalue weighted by molar-refractivity contribution is 0.122. The fourth-order valence-electron chi connectivity index (χ4n) is 5.85. The van der Waals surface area contributed by atoms with Crippen LogP contribution in [-0.2, 0) is 4.74 Å². The molecule has 39 heavy (non-hydrogen) atoms. The lowest BCUT2D eigenvalue weighted by Gasteiger charge is -2.29. The molecule has 200 valence electrons. The zero-order chi connectivity index (χ0) is 27.1. The van der Waals surface area contributed by atoms with Gasteiger partial charge in [0.2, 0.25) is 0 Å². The molecule has 2 aromatic heterocycles. The van der Waals surface area contributed by atoms with Gasteiger partial charge in [0.05, 0.1) is 31.0 Å². The number of nitrogens with one attached hydrogen (secondary N) is 1. The van der Waals surface area contributed by atoms with E-state index in [1.54, 1.807) is 0 Å². The van der Waals surface area contributed by atoms with Crippen LogP contribution in [-0.4, -0.2) is 41.0 Å². The first-order valence-corrected chi connectivity index (χ1v) is 14.5. The summed E-state index contributed by atoms with van der Waals surface area (Å²) >= 11 is 9.61. The van der Waals surface area contributed by atoms with Crippen LogP contribution in [0.2, 0.25) is 0 Å². The molecule has 6 rings (SSSR count). The van der Waals surface area contributed by atoms with E-state index in [0.717, 1.165) is 47.8 Å². The molecular formula is C31H32BrN5OS. The van der Waals surface area contributed by atoms with Crippen molar-refractivity contribution in [3.05, 3.63) is 106 Å². The Labute approximate surface area is 243 Å². The van der Waals surface area contributed by atoms with Gasteiger partial charge in [0.25, 0.3) is 0 Å². The summed E-state index contributed by atoms with van der Waals surface area (Å²) in [6.45, 7) is 9.92. The molecule has 4 aromatic rings. The second-order valence-electron chi connectivity index (χ2n) is 10.2. The number of ether oxygens (including phenoxy) is 1. The fraction of sp³-hybridized carbons (Fsp3) is 0.290. The highest BCUT2D eigenvalue weighted by Crippen LogP contribution is 2.44. The molecule has 2 aliphatic heterocycles. The quantitative estimate of drug-likeness (QED) is 0.261. The Morgan fingerprint density at radius 1 is 0.923 bits per heavy atom. The molecular weight excluding hydrogens is 570 g/mol. The molecule has 6 nitrogen and oxygen atoms in total. The van der Waals surface area contributed by atoms with Crippen molar-refractivity contribution in [2.75, 3.05) is 36.1 Å². The van der Waals surface area contributed by atoms with Crippen molar-refractivity contribution in [1.82, 2.24) is 14.9 Å². The Balaban J connectivity index is 1.42. The zero-order valence-corrected chi connectivity index (χ0v) is 24.8. The van der Waals surface area contributed by atoms with E-state index in [0.29, 0.717) is 5.11 Å². The van der Waals surface area contributed by atoms with Crippen molar-refractivity contribution in [2.45, 2.75) is 32.9 Å². The number of hydrogen-bond donors (Lipinski definition) is 1. The van der Waals surface area contributed by atoms with Gasteiger partial charge in [0.15, 0.2) is 5.11 Å². The normalized spacial score (nSPS) is 19.4. The predicted molar refractivity (Wildman–Crippen MR) is 165 cm³/mol. The molecule has 0 aliphatic carbocycles. The van der Waals surface area contributed by atoms with Crippen LogP contribution in [0.3, 0.4) is 0 Å². The fourth-order valence-corrected chi connectivity index (χ4v) is 6.44. The van der Waals surface area contributed by atoms with E-state index in [1.807, 2.05) is 18.3 Å². The zero-order valence-electron chi connectivity index (χ0n) is 22.4. The van der Waals surface area contributed by atoms with Crippen LogP contribution in [0.1, 0.15) is 40.3 Å². The number of anilines is 2. The monoisotopic (exact) mass is 601 g/mol. The molecule has 2 aromatic carbocycles. The van der Waals surface area contributed by atoms with E-state index in [9.17, 15) is 0 Å². The number of hydrogen-bond acceptors (Lipinski definition) is 4. The predicted octanol–water partition coefficient (Wildman–Crippen LogP) is 6.57. The summed E-state index contributed by atoms with van der Waals surface area (Å²) < 4.78 is 8.96. The van der Waals surface area contributed by atoms with Gasteiger partial charge in [-0.1, -0.05) is 22.0 Å². The Morgan fingerprint density at radius 2 is 1.64 bits per heavy atom. The summed E-state index contributed by atoms with van der Waals surface area (Å²) in [5.74, 6) is 0. The average molecular weight is 603 g/mol. The van der Waals surface area contributed by atoms with Crippen molar-refractivity contribution in [3.63, 3.8) is 0 Å². The van der Waals surface area contributed by atoms with Crippen molar-refractivity contribution in [3.8, 4) is 5.69 Å². The summed E-state index contributed by atoms with van der Waals surface area (Å²) in [7, 11) is 0. The van der Waals surface area contributed by atoms with E-state index in [1.165, 1.54) is 28.2 Å². The van der Waals surface area contributed by atoms with Gasteiger partial charge in [0.1, 0.15) is 0 Å². The van der Waals surface area contributed by atoms with Crippen LogP contribution in [0.4, 0.5) is 11.4 Å². The van der Waals surface area contributed by atoms with Gasteiger partial charge in [-0.3, -0.25) is 4.98 Å². The molecule has 0 amide bonds. The minimum Gasteiger partial charge on any atom is -0.378 e. The summed E-state index contributed by atoms with van der Waals surface area (Å²) in [6, 6.07) is 23.5. The van der Waals surface area contributed by atoms with E-state index in [2.05, 4.69) is 111 Å². The highest BCUT2D eigenvalue weighted by atomic mass is 79.9. The number of benzene rings is 2. The molecule has 2 aliphatic rings. The second kappa shape index (κ2) is 10.8. The van der Waals surface area contributed by atoms with Crippen LogP contribution in [0.25, 0.3) is 5.69 Å². The van der Waals surface area contributed by atoms with Crippen LogP contribution >= 0.6 is 28.1 Å². The highest BCUT2D eigenvalue weighted by molar-refractivity contribution is 9.10. The molecule has 2 atom stereocenters. The Kier molecular flexibility index (Phi) is 7.18. The minimum atomic E-state index is -0.0831. The third kappa shape index (κ3) is 4.86. The van der Waals surface area contributed by atoms with Crippen molar-refractivity contribution in [2.24, 2.45) is 0 Å². The number of nitrogens with zero attached hydrogens (tertiary/aromatic N) is 4. The number of pyridine rings is 1. The lowest BCUT2D eigenvalue weighted by atomic mass is 9.96. The van der Waals surface area contributed by atoms with E-state index in [4.69, 9.17) is 21.9 Å². The number of aryl methyl sites for hydroxylation is 2. The molecule has 1 N–H and O–H groups in total. The number of thiocarbonyl (C=S) groups is 1. The van der Waals surface area contributed by atoms with Gasteiger partial charge in [-0.15, -0.1) is 0 Å². The molecule has 0 spiro atoms. The SMILES string of the molecule is Cc1cc(N2C(=S)N[C@@H](c3ccccn3)[C@H]2c2cc(C)n(-c3ccc(N4CCOCC4)cc3)c2C)ccc1Br. The molecule has 8 heteroatoms. The summed E-state index contributed by atoms with van der Waals surface area (Å²) in [5.41, 5.74) is 9.21. The highest BCUT2D eigenvalue weighted by Gasteiger charge is 2.42. The Hall–Kier alpha value is -3.20. The molecule has 0 saturated carbocycles. The smallest absolute Gasteiger partial charge is 0.174 e. The van der Waals surface area contributed by atoms with Gasteiger partial charge >= 0.3 is 0 Å². The standard InChI is InChI=1S/C31H32BrN5OS/c1-20-18-25(11-12-27(20)32)37-30(29(34-31(37)39)28-6-4-5-13-33-28)26-19-21(2)36(22(26)3)24-9-7-23(8-10-24)35-14-16-38-17-15-35/h4-13,18-19,29-30H,14-17H2,1-3H3,(H,34,39)/t29-,30+/m0/s1. The van der Waals surface area contributed by atoms with E-state index in [-0.39, 0.29) is 12.1 Å². The number of aromatic nitrogens is 2. The van der Waals surface area contributed by atoms with E-state index < -0.39 is 0 Å². The molecule has 0 radical (unpaired) electrons. The molecule has 2 saturated heterocycles. The van der Waals surface area contributed by atoms with Crippen LogP contribution in [0.15, 0.2) is 77.4 Å². The maximum atomic E-state index is 5.96. The van der Waals surface area contributed by atoms with Crippen molar-refractivity contribution in [1.29, 1.82) is 0 Å². The Morgan fingerprint density at radius 3 is 2.33 bits per heavy atom. The first-order valence-electron chi connectivity index (χ1n) is 13.3. The molecule has 4 heterocycles. The van der Waals surface area contributed by atoms with Crippen LogP contribution in [0.5, 0.6) is 0 Å². The maximum Gasteiger partial charge on any atom is 0.174 e. The average Bonchev–Trinajstić information content (AvgIpc) is 3.46. The minimum absolute atomic E-state index is 0.0550. The summed E-state index contributed by atoms with van der Waals surface area (Å²) in [6.07, 6.45) is 1.85. The summed E-state index contributed by atoms with van der Waals surface area (Å²) in [4.78, 5) is 9.36. The largest absolute Gasteiger partial charge is 0.378 e. The number of rotatable bonds is 5. The second-order valence-corrected chi connectivity index (χ2v) is 11.4. The van der Waals surface area contributed by atoms with Crippen LogP contribution in [0, 0.1) is 20.8 Å². The third-order valence-electron chi connectivity index (χ3n) is 7.79. The Bertz CT molecular complexity index is 1500. The number of halogens is 1.